The predicted molar refractivity (Wildman–Crippen MR) is 115 cm³/mol. The second-order valence-electron chi connectivity index (χ2n) is 7.99. The first-order valence-electron chi connectivity index (χ1n) is 9.62. The van der Waals surface area contributed by atoms with Crippen molar-refractivity contribution in [2.45, 2.75) is 44.4 Å². The summed E-state index contributed by atoms with van der Waals surface area (Å²) in [4.78, 5) is 59.2. The first-order valence-corrected chi connectivity index (χ1v) is 12.0. The number of carbonyl (C=O) groups excluding carboxylic acids is 3. The largest absolute Gasteiger partial charge is 0.478 e. The molecular formula is C17H20N6O8S2. The van der Waals surface area contributed by atoms with Crippen molar-refractivity contribution in [1.29, 1.82) is 0 Å². The number of thiazole rings is 1. The third kappa shape index (κ3) is 3.68. The molecule has 0 bridgehead atoms. The second-order valence-corrected chi connectivity index (χ2v) is 10.7. The highest BCUT2D eigenvalue weighted by Gasteiger charge is 2.58. The molecular weight excluding hydrogens is 480 g/mol. The normalized spacial score (nSPS) is 27.1. The molecule has 178 valence electrons. The number of carboxylic acid groups (broad SMARTS) is 1. The number of carboxylic acids is 1. The van der Waals surface area contributed by atoms with Crippen LogP contribution in [0, 0.1) is 0 Å². The van der Waals surface area contributed by atoms with E-state index in [0.717, 1.165) is 15.6 Å². The van der Waals surface area contributed by atoms with Crippen molar-refractivity contribution in [2.24, 2.45) is 5.16 Å². The SMILES string of the molecule is CC(C)(O/N=C(\C(=O)N[C@@H]1C(=O)N2[C@@H]1CN1C(=O)CCC1=S2(=O)O)c1csc(N)n1)C(=O)O. The number of nitrogens with two attached hydrogens (primary N) is 1. The van der Waals surface area contributed by atoms with E-state index in [1.54, 1.807) is 0 Å². The zero-order valence-corrected chi connectivity index (χ0v) is 19.0. The Labute approximate surface area is 191 Å². The Hall–Kier alpha value is -3.24. The third-order valence-corrected chi connectivity index (χ3v) is 8.11. The van der Waals surface area contributed by atoms with Gasteiger partial charge in [-0.05, 0) is 13.8 Å². The van der Waals surface area contributed by atoms with E-state index in [2.05, 4.69) is 15.5 Å². The minimum atomic E-state index is -3.90. The summed E-state index contributed by atoms with van der Waals surface area (Å²) in [6, 6.07) is -2.14. The van der Waals surface area contributed by atoms with Gasteiger partial charge in [0.1, 0.15) is 16.7 Å². The molecule has 14 nitrogen and oxygen atoms in total. The minimum absolute atomic E-state index is 0.00798. The molecule has 3 aliphatic rings. The maximum absolute atomic E-state index is 13.0. The number of rotatable bonds is 6. The van der Waals surface area contributed by atoms with Crippen molar-refractivity contribution in [3.05, 3.63) is 11.1 Å². The quantitative estimate of drug-likeness (QED) is 0.153. The number of β-lactam (4-membered cyclic amide) rings is 1. The van der Waals surface area contributed by atoms with Crippen molar-refractivity contribution in [1.82, 2.24) is 19.5 Å². The van der Waals surface area contributed by atoms with E-state index in [9.17, 15) is 33.0 Å². The second kappa shape index (κ2) is 7.67. The number of anilines is 1. The number of nitrogen functional groups attached to an aromatic ring is 1. The number of hydrogen-bond acceptors (Lipinski definition) is 10. The molecule has 3 atom stereocenters. The van der Waals surface area contributed by atoms with Crippen LogP contribution in [0.15, 0.2) is 10.5 Å². The van der Waals surface area contributed by atoms with Crippen molar-refractivity contribution in [2.75, 3.05) is 12.3 Å². The third-order valence-electron chi connectivity index (χ3n) is 5.41. The van der Waals surface area contributed by atoms with E-state index in [4.69, 9.17) is 10.6 Å². The van der Waals surface area contributed by atoms with E-state index in [1.165, 1.54) is 24.1 Å². The maximum Gasteiger partial charge on any atom is 0.350 e. The van der Waals surface area contributed by atoms with Gasteiger partial charge in [0.15, 0.2) is 20.8 Å². The molecule has 4 heterocycles. The van der Waals surface area contributed by atoms with Gasteiger partial charge in [-0.2, -0.15) is 0 Å². The number of carbonyl (C=O) groups is 4. The summed E-state index contributed by atoms with van der Waals surface area (Å²) >= 11 is 0.998. The molecule has 4 rings (SSSR count). The lowest BCUT2D eigenvalue weighted by Gasteiger charge is -2.51. The Bertz CT molecular complexity index is 1230. The van der Waals surface area contributed by atoms with E-state index >= 15 is 0 Å². The summed E-state index contributed by atoms with van der Waals surface area (Å²) in [5.41, 5.74) is 3.39. The molecule has 16 heteroatoms. The molecule has 1 aromatic heterocycles. The summed E-state index contributed by atoms with van der Waals surface area (Å²) in [5.74, 6) is -3.40. The van der Waals surface area contributed by atoms with Crippen molar-refractivity contribution in [3.63, 3.8) is 0 Å². The van der Waals surface area contributed by atoms with Gasteiger partial charge in [0, 0.05) is 18.2 Å². The minimum Gasteiger partial charge on any atom is -0.478 e. The molecule has 1 unspecified atom stereocenters. The van der Waals surface area contributed by atoms with Crippen LogP contribution in [0.1, 0.15) is 32.4 Å². The Morgan fingerprint density at radius 1 is 1.39 bits per heavy atom. The Morgan fingerprint density at radius 3 is 2.70 bits per heavy atom. The van der Waals surface area contributed by atoms with Crippen LogP contribution in [0.5, 0.6) is 0 Å². The Morgan fingerprint density at radius 2 is 2.09 bits per heavy atom. The lowest BCUT2D eigenvalue weighted by molar-refractivity contribution is -0.161. The monoisotopic (exact) mass is 500 g/mol. The number of fused-ring (bicyclic) bond motifs is 2. The van der Waals surface area contributed by atoms with E-state index in [1.807, 2.05) is 0 Å². The summed E-state index contributed by atoms with van der Waals surface area (Å²) in [6.07, 6.45) is 0.151. The molecule has 0 aliphatic carbocycles. The fourth-order valence-corrected chi connectivity index (χ4v) is 6.09. The molecule has 0 spiro atoms. The topological polar surface area (TPSA) is 205 Å². The number of hydrogen-bond donors (Lipinski definition) is 4. The molecule has 0 aromatic carbocycles. The number of nitrogens with zero attached hydrogens (tertiary/aromatic N) is 4. The van der Waals surface area contributed by atoms with Gasteiger partial charge < -0.3 is 25.9 Å². The van der Waals surface area contributed by atoms with Crippen LogP contribution < -0.4 is 11.1 Å². The van der Waals surface area contributed by atoms with Crippen LogP contribution >= 0.6 is 11.3 Å². The van der Waals surface area contributed by atoms with Crippen LogP contribution in [-0.2, 0) is 34.0 Å². The van der Waals surface area contributed by atoms with Gasteiger partial charge in [-0.25, -0.2) is 18.3 Å². The lowest BCUT2D eigenvalue weighted by atomic mass is 9.97. The van der Waals surface area contributed by atoms with Gasteiger partial charge in [-0.1, -0.05) is 5.16 Å². The first-order chi connectivity index (χ1) is 15.3. The zero-order valence-electron chi connectivity index (χ0n) is 17.4. The van der Waals surface area contributed by atoms with Gasteiger partial charge in [-0.3, -0.25) is 18.9 Å². The number of oxime groups is 1. The van der Waals surface area contributed by atoms with Gasteiger partial charge in [0.2, 0.25) is 11.5 Å². The van der Waals surface area contributed by atoms with E-state index in [0.29, 0.717) is 0 Å². The molecule has 3 amide bonds. The standard InChI is InChI=1S/C17H20N6O8S2/c1-17(2,15(27)28)31-21-11(7-6-32-16(18)19-7)13(25)20-12-8-5-22-9(24)3-4-10(22)33(29,30)23(8)14(12)26/h6,8,12H,3-5H2,1-2H3,(H2,18,19)(H,20,25)(H,27,28)(H,29,30)/b21-11-/t8-,12+/m1/s1. The number of aliphatic carboxylic acids is 1. The zero-order chi connectivity index (χ0) is 24.3. The van der Waals surface area contributed by atoms with Gasteiger partial charge in [0.25, 0.3) is 11.8 Å². The van der Waals surface area contributed by atoms with Gasteiger partial charge in [-0.15, -0.1) is 11.3 Å². The number of nitrogens with one attached hydrogen (secondary N) is 1. The summed E-state index contributed by atoms with van der Waals surface area (Å²) < 4.78 is 24.1. The summed E-state index contributed by atoms with van der Waals surface area (Å²) in [7, 11) is -3.90. The first kappa shape index (κ1) is 22.9. The van der Waals surface area contributed by atoms with Gasteiger partial charge in [0.05, 0.1) is 12.6 Å². The Balaban J connectivity index is 1.59. The molecule has 2 saturated heterocycles. The molecule has 3 aliphatic heterocycles. The fraction of sp³-hybridized carbons (Fsp3) is 0.471. The van der Waals surface area contributed by atoms with Crippen molar-refractivity contribution < 1.29 is 37.9 Å². The summed E-state index contributed by atoms with van der Waals surface area (Å²) in [5, 5.41) is 16.8. The molecule has 5 N–H and O–H groups in total. The predicted octanol–water partition coefficient (Wildman–Crippen LogP) is -1.56. The highest BCUT2D eigenvalue weighted by molar-refractivity contribution is 7.95. The highest BCUT2D eigenvalue weighted by Crippen LogP contribution is 2.33. The molecule has 0 saturated carbocycles. The molecule has 0 radical (unpaired) electrons. The van der Waals surface area contributed by atoms with Crippen LogP contribution in [0.4, 0.5) is 5.13 Å². The summed E-state index contributed by atoms with van der Waals surface area (Å²) in [6.45, 7) is 2.40. The van der Waals surface area contributed by atoms with Crippen molar-refractivity contribution >= 4 is 60.8 Å². The number of aromatic nitrogens is 1. The average Bonchev–Trinajstić information content (AvgIpc) is 3.31. The Kier molecular flexibility index (Phi) is 5.33. The molecule has 33 heavy (non-hydrogen) atoms. The lowest BCUT2D eigenvalue weighted by Crippen LogP contribution is -2.77. The smallest absolute Gasteiger partial charge is 0.350 e. The maximum atomic E-state index is 13.0. The average molecular weight is 501 g/mol. The van der Waals surface area contributed by atoms with E-state index < -0.39 is 51.2 Å². The van der Waals surface area contributed by atoms with Crippen LogP contribution in [0.2, 0.25) is 0 Å². The molecule has 2 fully saturated rings. The molecule has 1 aromatic rings. The fourth-order valence-electron chi connectivity index (χ4n) is 3.57. The highest BCUT2D eigenvalue weighted by atomic mass is 32.2. The number of amides is 3. The van der Waals surface area contributed by atoms with Crippen LogP contribution in [0.25, 0.3) is 0 Å². The van der Waals surface area contributed by atoms with Crippen LogP contribution in [0.3, 0.4) is 0 Å². The van der Waals surface area contributed by atoms with Gasteiger partial charge >= 0.3 is 5.97 Å². The van der Waals surface area contributed by atoms with Crippen molar-refractivity contribution in [3.8, 4) is 0 Å². The van der Waals surface area contributed by atoms with Crippen LogP contribution in [-0.4, -0.2) is 86.7 Å². The van der Waals surface area contributed by atoms with E-state index in [-0.39, 0.29) is 41.1 Å².